The summed E-state index contributed by atoms with van der Waals surface area (Å²) in [5, 5.41) is 6.65. The molecule has 0 aliphatic rings. The number of aromatic nitrogens is 3. The highest BCUT2D eigenvalue weighted by Gasteiger charge is 2.17. The summed E-state index contributed by atoms with van der Waals surface area (Å²) in [5.74, 6) is -0.137. The number of amides is 1. The molecule has 1 amide bonds. The van der Waals surface area contributed by atoms with Crippen LogP contribution in [0.3, 0.4) is 0 Å². The van der Waals surface area contributed by atoms with Crippen LogP contribution >= 0.6 is 11.3 Å². The molecule has 0 spiro atoms. The van der Waals surface area contributed by atoms with Crippen molar-refractivity contribution in [2.75, 3.05) is 0 Å². The number of nitrogens with one attached hydrogen (secondary N) is 1. The number of fused-ring (bicyclic) bond motifs is 1. The first-order chi connectivity index (χ1) is 12.7. The van der Waals surface area contributed by atoms with Crippen molar-refractivity contribution in [2.24, 2.45) is 0 Å². The molecule has 0 fully saturated rings. The van der Waals surface area contributed by atoms with Gasteiger partial charge in [0.05, 0.1) is 22.8 Å². The van der Waals surface area contributed by atoms with Gasteiger partial charge in [0.15, 0.2) is 0 Å². The highest BCUT2D eigenvalue weighted by atomic mass is 32.1. The largest absolute Gasteiger partial charge is 0.343 e. The quantitative estimate of drug-likeness (QED) is 0.591. The summed E-state index contributed by atoms with van der Waals surface area (Å²) in [4.78, 5) is 26.0. The Balaban J connectivity index is 1.76. The summed E-state index contributed by atoms with van der Waals surface area (Å²) in [7, 11) is 0. The molecule has 3 heterocycles. The second-order valence-electron chi connectivity index (χ2n) is 5.87. The summed E-state index contributed by atoms with van der Waals surface area (Å²) in [6.07, 6.45) is 5.18. The maximum atomic E-state index is 13.0. The van der Waals surface area contributed by atoms with Crippen molar-refractivity contribution in [3.63, 3.8) is 0 Å². The molecule has 0 saturated carbocycles. The van der Waals surface area contributed by atoms with Crippen molar-refractivity contribution in [1.82, 2.24) is 20.3 Å². The standard InChI is InChI=1S/C20H16N4OS/c1-13(20-22-10-11-26-20)23-19(25)16-12-18(14-6-8-21-9-7-14)24-17-5-3-2-4-15(16)17/h2-13H,1H3,(H,23,25). The molecular formula is C20H16N4OS. The molecule has 0 saturated heterocycles. The topological polar surface area (TPSA) is 67.8 Å². The van der Waals surface area contributed by atoms with Crippen LogP contribution in [0.25, 0.3) is 22.2 Å². The molecule has 0 aliphatic heterocycles. The van der Waals surface area contributed by atoms with E-state index in [1.54, 1.807) is 18.6 Å². The Bertz CT molecular complexity index is 1050. The Kier molecular flexibility index (Phi) is 4.41. The molecule has 0 bridgehead atoms. The van der Waals surface area contributed by atoms with Crippen molar-refractivity contribution in [3.8, 4) is 11.3 Å². The van der Waals surface area contributed by atoms with Crippen LogP contribution in [-0.2, 0) is 0 Å². The van der Waals surface area contributed by atoms with E-state index in [0.717, 1.165) is 27.2 Å². The molecular weight excluding hydrogens is 344 g/mol. The second-order valence-corrected chi connectivity index (χ2v) is 6.80. The highest BCUT2D eigenvalue weighted by molar-refractivity contribution is 7.09. The minimum Gasteiger partial charge on any atom is -0.343 e. The number of carbonyl (C=O) groups excluding carboxylic acids is 1. The zero-order chi connectivity index (χ0) is 17.9. The Morgan fingerprint density at radius 3 is 2.69 bits per heavy atom. The van der Waals surface area contributed by atoms with Crippen molar-refractivity contribution < 1.29 is 4.79 Å². The van der Waals surface area contributed by atoms with Gasteiger partial charge in [-0.2, -0.15) is 0 Å². The Labute approximate surface area is 154 Å². The van der Waals surface area contributed by atoms with E-state index in [-0.39, 0.29) is 11.9 Å². The molecule has 1 N–H and O–H groups in total. The maximum Gasteiger partial charge on any atom is 0.252 e. The fourth-order valence-corrected chi connectivity index (χ4v) is 3.46. The summed E-state index contributed by atoms with van der Waals surface area (Å²) in [5.41, 5.74) is 3.06. The molecule has 26 heavy (non-hydrogen) atoms. The third kappa shape index (κ3) is 3.19. The van der Waals surface area contributed by atoms with Gasteiger partial charge in [0.1, 0.15) is 5.01 Å². The summed E-state index contributed by atoms with van der Waals surface area (Å²) < 4.78 is 0. The monoisotopic (exact) mass is 360 g/mol. The van der Waals surface area contributed by atoms with Crippen LogP contribution in [0.15, 0.2) is 66.4 Å². The van der Waals surface area contributed by atoms with Gasteiger partial charge in [-0.25, -0.2) is 9.97 Å². The number of para-hydroxylation sites is 1. The van der Waals surface area contributed by atoms with Gasteiger partial charge in [-0.1, -0.05) is 18.2 Å². The van der Waals surface area contributed by atoms with Gasteiger partial charge in [-0.15, -0.1) is 11.3 Å². The van der Waals surface area contributed by atoms with E-state index in [0.29, 0.717) is 5.56 Å². The molecule has 1 atom stereocenters. The number of carbonyl (C=O) groups is 1. The fraction of sp³-hybridized carbons (Fsp3) is 0.100. The average molecular weight is 360 g/mol. The molecule has 0 radical (unpaired) electrons. The van der Waals surface area contributed by atoms with Gasteiger partial charge in [0.2, 0.25) is 0 Å². The van der Waals surface area contributed by atoms with Crippen molar-refractivity contribution >= 4 is 28.1 Å². The number of hydrogen-bond acceptors (Lipinski definition) is 5. The van der Waals surface area contributed by atoms with Crippen LogP contribution in [-0.4, -0.2) is 20.9 Å². The van der Waals surface area contributed by atoms with Gasteiger partial charge in [-0.05, 0) is 31.2 Å². The van der Waals surface area contributed by atoms with Crippen molar-refractivity contribution in [1.29, 1.82) is 0 Å². The van der Waals surface area contributed by atoms with Gasteiger partial charge >= 0.3 is 0 Å². The van der Waals surface area contributed by atoms with E-state index in [9.17, 15) is 4.79 Å². The predicted octanol–water partition coefficient (Wildman–Crippen LogP) is 4.24. The van der Waals surface area contributed by atoms with E-state index >= 15 is 0 Å². The minimum atomic E-state index is -0.154. The molecule has 128 valence electrons. The van der Waals surface area contributed by atoms with Gasteiger partial charge in [0, 0.05) is 34.9 Å². The normalized spacial score (nSPS) is 12.0. The molecule has 1 unspecified atom stereocenters. The molecule has 1 aromatic carbocycles. The lowest BCUT2D eigenvalue weighted by molar-refractivity contribution is 0.0941. The molecule has 6 heteroatoms. The first-order valence-corrected chi connectivity index (χ1v) is 9.11. The van der Waals surface area contributed by atoms with Crippen LogP contribution in [0.2, 0.25) is 0 Å². The van der Waals surface area contributed by atoms with Crippen LogP contribution < -0.4 is 5.32 Å². The molecule has 3 aromatic heterocycles. The predicted molar refractivity (Wildman–Crippen MR) is 103 cm³/mol. The lowest BCUT2D eigenvalue weighted by atomic mass is 10.0. The Morgan fingerprint density at radius 1 is 1.12 bits per heavy atom. The zero-order valence-corrected chi connectivity index (χ0v) is 14.9. The van der Waals surface area contributed by atoms with E-state index in [4.69, 9.17) is 4.98 Å². The van der Waals surface area contributed by atoms with E-state index in [1.165, 1.54) is 11.3 Å². The molecule has 5 nitrogen and oxygen atoms in total. The number of rotatable bonds is 4. The summed E-state index contributed by atoms with van der Waals surface area (Å²) in [6.45, 7) is 1.93. The van der Waals surface area contributed by atoms with E-state index in [1.807, 2.05) is 54.8 Å². The first-order valence-electron chi connectivity index (χ1n) is 8.23. The number of pyridine rings is 2. The molecule has 0 aliphatic carbocycles. The highest BCUT2D eigenvalue weighted by Crippen LogP contribution is 2.25. The van der Waals surface area contributed by atoms with E-state index < -0.39 is 0 Å². The van der Waals surface area contributed by atoms with Crippen LogP contribution in [0, 0.1) is 0 Å². The first kappa shape index (κ1) is 16.4. The Hall–Kier alpha value is -3.12. The van der Waals surface area contributed by atoms with Crippen LogP contribution in [0.4, 0.5) is 0 Å². The molecule has 4 aromatic rings. The smallest absolute Gasteiger partial charge is 0.252 e. The van der Waals surface area contributed by atoms with Gasteiger partial charge in [-0.3, -0.25) is 9.78 Å². The van der Waals surface area contributed by atoms with Crippen LogP contribution in [0.5, 0.6) is 0 Å². The summed E-state index contributed by atoms with van der Waals surface area (Å²) in [6, 6.07) is 13.1. The lowest BCUT2D eigenvalue weighted by Gasteiger charge is -2.14. The van der Waals surface area contributed by atoms with Crippen LogP contribution in [0.1, 0.15) is 28.3 Å². The fourth-order valence-electron chi connectivity index (χ4n) is 2.82. The van der Waals surface area contributed by atoms with Gasteiger partial charge in [0.25, 0.3) is 5.91 Å². The maximum absolute atomic E-state index is 13.0. The summed E-state index contributed by atoms with van der Waals surface area (Å²) >= 11 is 1.53. The third-order valence-corrected chi connectivity index (χ3v) is 5.06. The number of thiazole rings is 1. The van der Waals surface area contributed by atoms with Gasteiger partial charge < -0.3 is 5.32 Å². The van der Waals surface area contributed by atoms with E-state index in [2.05, 4.69) is 15.3 Å². The molecule has 4 rings (SSSR count). The number of hydrogen-bond donors (Lipinski definition) is 1. The SMILES string of the molecule is CC(NC(=O)c1cc(-c2ccncc2)nc2ccccc12)c1nccs1. The lowest BCUT2D eigenvalue weighted by Crippen LogP contribution is -2.26. The average Bonchev–Trinajstić information content (AvgIpc) is 3.23. The van der Waals surface area contributed by atoms with Crippen molar-refractivity contribution in [2.45, 2.75) is 13.0 Å². The number of benzene rings is 1. The minimum absolute atomic E-state index is 0.137. The third-order valence-electron chi connectivity index (χ3n) is 4.11. The Morgan fingerprint density at radius 2 is 1.92 bits per heavy atom. The zero-order valence-electron chi connectivity index (χ0n) is 14.1. The second kappa shape index (κ2) is 7.01. The number of nitrogens with zero attached hydrogens (tertiary/aromatic N) is 3. The van der Waals surface area contributed by atoms with Crippen molar-refractivity contribution in [3.05, 3.63) is 77.0 Å².